The van der Waals surface area contributed by atoms with E-state index >= 15 is 0 Å². The molecule has 0 aliphatic heterocycles. The summed E-state index contributed by atoms with van der Waals surface area (Å²) >= 11 is 1.13. The van der Waals surface area contributed by atoms with E-state index in [-0.39, 0.29) is 4.88 Å². The molecule has 2 aromatic heterocycles. The van der Waals surface area contributed by atoms with Gasteiger partial charge in [-0.15, -0.1) is 16.4 Å². The Morgan fingerprint density at radius 3 is 2.57 bits per heavy atom. The lowest BCUT2D eigenvalue weighted by Crippen LogP contribution is -1.99. The predicted octanol–water partition coefficient (Wildman–Crippen LogP) is 3.89. The van der Waals surface area contributed by atoms with Gasteiger partial charge in [-0.25, -0.2) is 9.78 Å². The Hall–Kier alpha value is -3.59. The van der Waals surface area contributed by atoms with Gasteiger partial charge >= 0.3 is 5.97 Å². The van der Waals surface area contributed by atoms with Gasteiger partial charge in [0.2, 0.25) is 0 Å². The smallest absolute Gasteiger partial charge is 0.347 e. The van der Waals surface area contributed by atoms with E-state index in [9.17, 15) is 9.90 Å². The van der Waals surface area contributed by atoms with Crippen molar-refractivity contribution in [1.82, 2.24) is 25.2 Å². The molecule has 0 spiro atoms. The Balaban J connectivity index is 1.77. The maximum Gasteiger partial charge on any atom is 0.347 e. The molecule has 0 unspecified atom stereocenters. The van der Waals surface area contributed by atoms with E-state index in [2.05, 4.69) is 20.5 Å². The van der Waals surface area contributed by atoms with Crippen molar-refractivity contribution in [3.63, 3.8) is 0 Å². The van der Waals surface area contributed by atoms with Gasteiger partial charge in [0.05, 0.1) is 5.69 Å². The highest BCUT2D eigenvalue weighted by Gasteiger charge is 2.17. The first kappa shape index (κ1) is 17.8. The Bertz CT molecular complexity index is 1140. The topological polar surface area (TPSA) is 103 Å². The van der Waals surface area contributed by atoms with Crippen LogP contribution in [0.5, 0.6) is 11.5 Å². The first-order valence-electron chi connectivity index (χ1n) is 8.34. The zero-order chi connectivity index (χ0) is 19.7. The van der Waals surface area contributed by atoms with Gasteiger partial charge in [-0.3, -0.25) is 0 Å². The number of benzene rings is 2. The quantitative estimate of drug-likeness (QED) is 0.548. The zero-order valence-electron chi connectivity index (χ0n) is 15.0. The van der Waals surface area contributed by atoms with Crippen molar-refractivity contribution in [2.45, 2.75) is 13.8 Å². The van der Waals surface area contributed by atoms with E-state index in [1.54, 1.807) is 13.0 Å². The summed E-state index contributed by atoms with van der Waals surface area (Å²) in [6.07, 6.45) is 1.47. The summed E-state index contributed by atoms with van der Waals surface area (Å²) in [5.74, 6) is 0.263. The van der Waals surface area contributed by atoms with Crippen LogP contribution in [0, 0.1) is 13.8 Å². The molecule has 4 aromatic rings. The summed E-state index contributed by atoms with van der Waals surface area (Å²) in [6, 6.07) is 13.2. The third-order valence-corrected chi connectivity index (χ3v) is 5.24. The molecule has 0 aliphatic carbocycles. The number of ether oxygens (including phenoxy) is 1. The van der Waals surface area contributed by atoms with E-state index in [0.29, 0.717) is 27.9 Å². The molecule has 0 amide bonds. The molecular formula is C19H15N5O3S. The SMILES string of the molecule is Cc1ccc(Oc2ccc(-c3nc(C)c(C(=O)O)s3)cc2-n2cnnn2)cc1. The van der Waals surface area contributed by atoms with Gasteiger partial charge < -0.3 is 9.84 Å². The molecule has 8 nitrogen and oxygen atoms in total. The van der Waals surface area contributed by atoms with E-state index in [4.69, 9.17) is 4.74 Å². The second-order valence-corrected chi connectivity index (χ2v) is 7.09. The normalized spacial score (nSPS) is 10.8. The van der Waals surface area contributed by atoms with Gasteiger partial charge in [0.15, 0.2) is 5.75 Å². The highest BCUT2D eigenvalue weighted by Crippen LogP contribution is 2.34. The summed E-state index contributed by atoms with van der Waals surface area (Å²) in [7, 11) is 0. The molecule has 0 atom stereocenters. The number of nitrogens with zero attached hydrogens (tertiary/aromatic N) is 5. The number of carboxylic acid groups (broad SMARTS) is 1. The molecule has 0 saturated carbocycles. The molecule has 0 fully saturated rings. The minimum absolute atomic E-state index is 0.221. The fourth-order valence-electron chi connectivity index (χ4n) is 2.64. The van der Waals surface area contributed by atoms with Gasteiger partial charge in [-0.05, 0) is 54.6 Å². The molecule has 1 N–H and O–H groups in total. The van der Waals surface area contributed by atoms with Crippen LogP contribution in [0.4, 0.5) is 0 Å². The molecule has 9 heteroatoms. The molecule has 28 heavy (non-hydrogen) atoms. The monoisotopic (exact) mass is 393 g/mol. The van der Waals surface area contributed by atoms with E-state index < -0.39 is 5.97 Å². The minimum atomic E-state index is -0.985. The van der Waals surface area contributed by atoms with Crippen LogP contribution in [-0.4, -0.2) is 36.3 Å². The van der Waals surface area contributed by atoms with Crippen molar-refractivity contribution in [2.75, 3.05) is 0 Å². The van der Waals surface area contributed by atoms with Gasteiger partial charge in [-0.1, -0.05) is 17.7 Å². The number of aryl methyl sites for hydroxylation is 2. The highest BCUT2D eigenvalue weighted by atomic mass is 32.1. The van der Waals surface area contributed by atoms with Crippen LogP contribution in [0.2, 0.25) is 0 Å². The number of hydrogen-bond donors (Lipinski definition) is 1. The van der Waals surface area contributed by atoms with Crippen LogP contribution in [0.25, 0.3) is 16.3 Å². The average Bonchev–Trinajstić information content (AvgIpc) is 3.34. The van der Waals surface area contributed by atoms with Crippen molar-refractivity contribution >= 4 is 17.3 Å². The molecule has 0 aliphatic rings. The summed E-state index contributed by atoms with van der Waals surface area (Å²) < 4.78 is 7.51. The third-order valence-electron chi connectivity index (χ3n) is 4.04. The minimum Gasteiger partial charge on any atom is -0.477 e. The lowest BCUT2D eigenvalue weighted by Gasteiger charge is -2.12. The molecule has 0 saturated heterocycles. The number of thiazole rings is 1. The van der Waals surface area contributed by atoms with Gasteiger partial charge in [0.1, 0.15) is 27.6 Å². The van der Waals surface area contributed by atoms with Gasteiger partial charge in [0, 0.05) is 5.56 Å². The first-order chi connectivity index (χ1) is 13.5. The Morgan fingerprint density at radius 2 is 1.93 bits per heavy atom. The Labute approximate surface area is 164 Å². The number of aromatic carboxylic acids is 1. The lowest BCUT2D eigenvalue weighted by molar-refractivity contribution is 0.0701. The van der Waals surface area contributed by atoms with Crippen molar-refractivity contribution in [3.05, 3.63) is 64.9 Å². The van der Waals surface area contributed by atoms with Crippen LogP contribution in [0.15, 0.2) is 48.8 Å². The van der Waals surface area contributed by atoms with Crippen molar-refractivity contribution in [2.24, 2.45) is 0 Å². The van der Waals surface area contributed by atoms with E-state index in [1.807, 2.05) is 43.3 Å². The van der Waals surface area contributed by atoms with Gasteiger partial charge in [-0.2, -0.15) is 4.68 Å². The number of aromatic nitrogens is 5. The molecule has 0 bridgehead atoms. The molecule has 4 rings (SSSR count). The van der Waals surface area contributed by atoms with E-state index in [1.165, 1.54) is 11.0 Å². The maximum absolute atomic E-state index is 11.3. The van der Waals surface area contributed by atoms with Crippen molar-refractivity contribution < 1.29 is 14.6 Å². The summed E-state index contributed by atoms with van der Waals surface area (Å²) in [4.78, 5) is 15.9. The van der Waals surface area contributed by atoms with Crippen molar-refractivity contribution in [1.29, 1.82) is 0 Å². The maximum atomic E-state index is 11.3. The fourth-order valence-corrected chi connectivity index (χ4v) is 3.54. The molecule has 140 valence electrons. The Kier molecular flexibility index (Phi) is 4.58. The van der Waals surface area contributed by atoms with Gasteiger partial charge in [0.25, 0.3) is 0 Å². The first-order valence-corrected chi connectivity index (χ1v) is 9.16. The van der Waals surface area contributed by atoms with Crippen LogP contribution in [-0.2, 0) is 0 Å². The van der Waals surface area contributed by atoms with Crippen LogP contribution in [0.1, 0.15) is 20.9 Å². The number of tetrazole rings is 1. The summed E-state index contributed by atoms with van der Waals surface area (Å²) in [5, 5.41) is 21.2. The van der Waals surface area contributed by atoms with E-state index in [0.717, 1.165) is 22.5 Å². The van der Waals surface area contributed by atoms with Crippen LogP contribution < -0.4 is 4.74 Å². The fraction of sp³-hybridized carbons (Fsp3) is 0.105. The molecule has 2 aromatic carbocycles. The van der Waals surface area contributed by atoms with Crippen LogP contribution >= 0.6 is 11.3 Å². The zero-order valence-corrected chi connectivity index (χ0v) is 15.8. The summed E-state index contributed by atoms with van der Waals surface area (Å²) in [5.41, 5.74) is 2.99. The number of carboxylic acids is 1. The second kappa shape index (κ2) is 7.20. The molecular weight excluding hydrogens is 378 g/mol. The predicted molar refractivity (Wildman–Crippen MR) is 103 cm³/mol. The largest absolute Gasteiger partial charge is 0.477 e. The van der Waals surface area contributed by atoms with Crippen molar-refractivity contribution in [3.8, 4) is 27.8 Å². The number of hydrogen-bond acceptors (Lipinski definition) is 7. The molecule has 0 radical (unpaired) electrons. The van der Waals surface area contributed by atoms with Crippen LogP contribution in [0.3, 0.4) is 0 Å². The average molecular weight is 393 g/mol. The lowest BCUT2D eigenvalue weighted by atomic mass is 10.2. The molecule has 2 heterocycles. The highest BCUT2D eigenvalue weighted by molar-refractivity contribution is 7.17. The number of rotatable bonds is 5. The standard InChI is InChI=1S/C19H15N5O3S/c1-11-3-6-14(7-4-11)27-16-8-5-13(9-15(16)24-10-20-22-23-24)18-21-12(2)17(28-18)19(25)26/h3-10H,1-2H3,(H,25,26). The second-order valence-electron chi connectivity index (χ2n) is 6.09. The summed E-state index contributed by atoms with van der Waals surface area (Å²) in [6.45, 7) is 3.69. The Morgan fingerprint density at radius 1 is 1.14 bits per heavy atom. The number of carbonyl (C=O) groups is 1. The third kappa shape index (κ3) is 3.47.